The Bertz CT molecular complexity index is 148. The van der Waals surface area contributed by atoms with Gasteiger partial charge in [-0.2, -0.15) is 11.8 Å². The van der Waals surface area contributed by atoms with E-state index in [0.717, 1.165) is 11.7 Å². The highest BCUT2D eigenvalue weighted by Crippen LogP contribution is 2.20. The minimum Gasteiger partial charge on any atom is -0.325 e. The van der Waals surface area contributed by atoms with Crippen molar-refractivity contribution in [3.63, 3.8) is 0 Å². The molecule has 1 rings (SSSR count). The highest BCUT2D eigenvalue weighted by molar-refractivity contribution is 7.99. The number of nitrogens with two attached hydrogens (primary N) is 1. The third kappa shape index (κ3) is 5.89. The van der Waals surface area contributed by atoms with Gasteiger partial charge in [0.05, 0.1) is 0 Å². The molecule has 1 saturated heterocycles. The maximum atomic E-state index is 5.92. The van der Waals surface area contributed by atoms with Crippen molar-refractivity contribution in [3.8, 4) is 0 Å². The van der Waals surface area contributed by atoms with Crippen molar-refractivity contribution in [2.75, 3.05) is 24.6 Å². The molecule has 0 unspecified atom stereocenters. The Balaban J connectivity index is 1.97. The van der Waals surface area contributed by atoms with Crippen LogP contribution in [0, 0.1) is 5.92 Å². The molecule has 0 spiro atoms. The zero-order valence-electron chi connectivity index (χ0n) is 9.51. The van der Waals surface area contributed by atoms with E-state index < -0.39 is 0 Å². The van der Waals surface area contributed by atoms with Crippen molar-refractivity contribution in [2.45, 2.75) is 38.6 Å². The highest BCUT2D eigenvalue weighted by Gasteiger charge is 2.14. The fraction of sp³-hybridized carbons (Fsp3) is 1.00. The molecule has 3 heteroatoms. The van der Waals surface area contributed by atoms with Gasteiger partial charge in [0, 0.05) is 11.3 Å². The second-order valence-electron chi connectivity index (χ2n) is 5.02. The first-order valence-corrected chi connectivity index (χ1v) is 6.81. The molecule has 0 aromatic heterocycles. The molecule has 0 aromatic rings. The molecule has 0 radical (unpaired) electrons. The van der Waals surface area contributed by atoms with Crippen LogP contribution in [0.15, 0.2) is 0 Å². The van der Waals surface area contributed by atoms with E-state index in [4.69, 9.17) is 5.73 Å². The molecule has 1 heterocycles. The van der Waals surface area contributed by atoms with Gasteiger partial charge < -0.3 is 11.1 Å². The standard InChI is InChI=1S/C11H24N2S/c1-11(2,12)9-14-8-5-10-3-6-13-7-4-10/h10,13H,3-9,12H2,1-2H3. The van der Waals surface area contributed by atoms with E-state index in [1.54, 1.807) is 0 Å². The Morgan fingerprint density at radius 1 is 1.36 bits per heavy atom. The minimum atomic E-state index is -0.00120. The maximum Gasteiger partial charge on any atom is 0.0188 e. The average molecular weight is 216 g/mol. The number of hydrogen-bond donors (Lipinski definition) is 2. The lowest BCUT2D eigenvalue weighted by Crippen LogP contribution is -2.35. The van der Waals surface area contributed by atoms with Crippen LogP contribution >= 0.6 is 11.8 Å². The van der Waals surface area contributed by atoms with Crippen LogP contribution in [0.25, 0.3) is 0 Å². The summed E-state index contributed by atoms with van der Waals surface area (Å²) in [6.07, 6.45) is 4.11. The van der Waals surface area contributed by atoms with E-state index in [-0.39, 0.29) is 5.54 Å². The topological polar surface area (TPSA) is 38.0 Å². The summed E-state index contributed by atoms with van der Waals surface area (Å²) in [4.78, 5) is 0. The molecule has 0 aromatic carbocycles. The Labute approximate surface area is 92.4 Å². The summed E-state index contributed by atoms with van der Waals surface area (Å²) >= 11 is 2.01. The summed E-state index contributed by atoms with van der Waals surface area (Å²) in [5, 5.41) is 3.40. The summed E-state index contributed by atoms with van der Waals surface area (Å²) in [5.74, 6) is 3.33. The van der Waals surface area contributed by atoms with Crippen LogP contribution < -0.4 is 11.1 Å². The molecule has 84 valence electrons. The van der Waals surface area contributed by atoms with Crippen molar-refractivity contribution in [2.24, 2.45) is 11.7 Å². The predicted octanol–water partition coefficient (Wildman–Crippen LogP) is 1.85. The van der Waals surface area contributed by atoms with E-state index in [2.05, 4.69) is 19.2 Å². The lowest BCUT2D eigenvalue weighted by Gasteiger charge is -2.23. The lowest BCUT2D eigenvalue weighted by molar-refractivity contribution is 0.367. The third-order valence-corrected chi connectivity index (χ3v) is 4.08. The van der Waals surface area contributed by atoms with Gasteiger partial charge in [-0.25, -0.2) is 0 Å². The van der Waals surface area contributed by atoms with Crippen molar-refractivity contribution < 1.29 is 0 Å². The number of thioether (sulfide) groups is 1. The van der Waals surface area contributed by atoms with Gasteiger partial charge in [0.2, 0.25) is 0 Å². The van der Waals surface area contributed by atoms with Gasteiger partial charge in [0.1, 0.15) is 0 Å². The van der Waals surface area contributed by atoms with Crippen LogP contribution in [-0.2, 0) is 0 Å². The molecule has 14 heavy (non-hydrogen) atoms. The molecule has 0 amide bonds. The average Bonchev–Trinajstić information content (AvgIpc) is 2.13. The zero-order chi connectivity index (χ0) is 10.4. The molecule has 1 aliphatic heterocycles. The smallest absolute Gasteiger partial charge is 0.0188 e. The van der Waals surface area contributed by atoms with Gasteiger partial charge in [0.25, 0.3) is 0 Å². The summed E-state index contributed by atoms with van der Waals surface area (Å²) < 4.78 is 0. The Kier molecular flexibility index (Phi) is 5.28. The SMILES string of the molecule is CC(C)(N)CSCCC1CCNCC1. The van der Waals surface area contributed by atoms with E-state index in [1.165, 1.54) is 38.1 Å². The highest BCUT2D eigenvalue weighted by atomic mass is 32.2. The van der Waals surface area contributed by atoms with Gasteiger partial charge >= 0.3 is 0 Å². The van der Waals surface area contributed by atoms with Gasteiger partial charge in [-0.15, -0.1) is 0 Å². The van der Waals surface area contributed by atoms with E-state index in [1.807, 2.05) is 11.8 Å². The van der Waals surface area contributed by atoms with Gasteiger partial charge in [-0.3, -0.25) is 0 Å². The molecular weight excluding hydrogens is 192 g/mol. The van der Waals surface area contributed by atoms with Crippen LogP contribution in [0.5, 0.6) is 0 Å². The van der Waals surface area contributed by atoms with Gasteiger partial charge in [-0.1, -0.05) is 0 Å². The fourth-order valence-corrected chi connectivity index (χ4v) is 2.93. The number of rotatable bonds is 5. The minimum absolute atomic E-state index is 0.00120. The van der Waals surface area contributed by atoms with Crippen molar-refractivity contribution in [3.05, 3.63) is 0 Å². The second kappa shape index (κ2) is 5.99. The van der Waals surface area contributed by atoms with E-state index in [0.29, 0.717) is 0 Å². The molecule has 2 nitrogen and oxygen atoms in total. The maximum absolute atomic E-state index is 5.92. The Morgan fingerprint density at radius 2 is 2.00 bits per heavy atom. The fourth-order valence-electron chi connectivity index (χ4n) is 1.76. The lowest BCUT2D eigenvalue weighted by atomic mass is 9.96. The van der Waals surface area contributed by atoms with Crippen molar-refractivity contribution in [1.29, 1.82) is 0 Å². The molecule has 0 bridgehead atoms. The molecule has 0 aliphatic carbocycles. The van der Waals surface area contributed by atoms with Crippen molar-refractivity contribution >= 4 is 11.8 Å². The van der Waals surface area contributed by atoms with Crippen LogP contribution in [0.1, 0.15) is 33.1 Å². The molecular formula is C11H24N2S. The van der Waals surface area contributed by atoms with Gasteiger partial charge in [0.15, 0.2) is 0 Å². The number of piperidine rings is 1. The first-order chi connectivity index (χ1) is 6.58. The summed E-state index contributed by atoms with van der Waals surface area (Å²) in [5.41, 5.74) is 5.92. The quantitative estimate of drug-likeness (QED) is 0.689. The van der Waals surface area contributed by atoms with E-state index in [9.17, 15) is 0 Å². The molecule has 1 aliphatic rings. The number of hydrogen-bond acceptors (Lipinski definition) is 3. The Hall–Kier alpha value is 0.270. The first kappa shape index (κ1) is 12.3. The molecule has 0 saturated carbocycles. The third-order valence-electron chi connectivity index (χ3n) is 2.60. The first-order valence-electron chi connectivity index (χ1n) is 5.65. The Morgan fingerprint density at radius 3 is 2.57 bits per heavy atom. The number of nitrogens with one attached hydrogen (secondary N) is 1. The summed E-state index contributed by atoms with van der Waals surface area (Å²) in [6, 6.07) is 0. The predicted molar refractivity (Wildman–Crippen MR) is 65.8 cm³/mol. The van der Waals surface area contributed by atoms with Crippen LogP contribution in [0.4, 0.5) is 0 Å². The zero-order valence-corrected chi connectivity index (χ0v) is 10.3. The van der Waals surface area contributed by atoms with E-state index >= 15 is 0 Å². The summed E-state index contributed by atoms with van der Waals surface area (Å²) in [7, 11) is 0. The molecule has 0 atom stereocenters. The second-order valence-corrected chi connectivity index (χ2v) is 6.13. The largest absolute Gasteiger partial charge is 0.325 e. The van der Waals surface area contributed by atoms with Crippen LogP contribution in [0.3, 0.4) is 0 Å². The molecule has 1 fully saturated rings. The van der Waals surface area contributed by atoms with Gasteiger partial charge in [-0.05, 0) is 57.9 Å². The van der Waals surface area contributed by atoms with Crippen LogP contribution in [-0.4, -0.2) is 30.1 Å². The van der Waals surface area contributed by atoms with Crippen LogP contribution in [0.2, 0.25) is 0 Å². The normalized spacial score (nSPS) is 19.9. The molecule has 3 N–H and O–H groups in total. The van der Waals surface area contributed by atoms with Crippen molar-refractivity contribution in [1.82, 2.24) is 5.32 Å². The monoisotopic (exact) mass is 216 g/mol. The summed E-state index contributed by atoms with van der Waals surface area (Å²) in [6.45, 7) is 6.64.